The highest BCUT2D eigenvalue weighted by molar-refractivity contribution is 6.35. The molecule has 0 amide bonds. The predicted molar refractivity (Wildman–Crippen MR) is 94.9 cm³/mol. The summed E-state index contributed by atoms with van der Waals surface area (Å²) in [5.41, 5.74) is 7.65. The summed E-state index contributed by atoms with van der Waals surface area (Å²) in [5, 5.41) is 1.34. The summed E-state index contributed by atoms with van der Waals surface area (Å²) in [6.07, 6.45) is 0.476. The zero-order chi connectivity index (χ0) is 16.6. The number of nitrogens with two attached hydrogens (primary N) is 1. The molecule has 3 rings (SSSR count). The van der Waals surface area contributed by atoms with E-state index in [1.165, 1.54) is 4.57 Å². The van der Waals surface area contributed by atoms with Gasteiger partial charge in [0.05, 0.1) is 21.6 Å². The van der Waals surface area contributed by atoms with Crippen LogP contribution in [0.4, 0.5) is 0 Å². The molecule has 0 aliphatic heterocycles. The van der Waals surface area contributed by atoms with E-state index in [1.807, 2.05) is 19.1 Å². The standard InChI is InChI=1S/C17H15Cl2N3O/c1-10-5-6-13(19)15-16(10)21-14(7-8-20)22(17(15)23)12-4-2-3-11(18)9-12/h2-6,9H,7-8,20H2,1H3. The van der Waals surface area contributed by atoms with Crippen LogP contribution in [0.25, 0.3) is 16.6 Å². The van der Waals surface area contributed by atoms with Gasteiger partial charge in [-0.15, -0.1) is 0 Å². The van der Waals surface area contributed by atoms with E-state index in [9.17, 15) is 4.79 Å². The zero-order valence-corrected chi connectivity index (χ0v) is 14.0. The molecule has 23 heavy (non-hydrogen) atoms. The van der Waals surface area contributed by atoms with E-state index in [0.29, 0.717) is 45.4 Å². The van der Waals surface area contributed by atoms with Crippen LogP contribution in [-0.2, 0) is 6.42 Å². The van der Waals surface area contributed by atoms with Crippen LogP contribution in [-0.4, -0.2) is 16.1 Å². The second-order valence-electron chi connectivity index (χ2n) is 5.28. The van der Waals surface area contributed by atoms with Gasteiger partial charge in [0, 0.05) is 11.4 Å². The third-order valence-electron chi connectivity index (χ3n) is 3.68. The first kappa shape index (κ1) is 16.0. The maximum absolute atomic E-state index is 13.1. The van der Waals surface area contributed by atoms with Crippen molar-refractivity contribution in [2.24, 2.45) is 5.73 Å². The van der Waals surface area contributed by atoms with Crippen LogP contribution in [0.3, 0.4) is 0 Å². The quantitative estimate of drug-likeness (QED) is 0.788. The molecule has 6 heteroatoms. The molecule has 0 radical (unpaired) electrons. The summed E-state index contributed by atoms with van der Waals surface area (Å²) in [6.45, 7) is 2.29. The monoisotopic (exact) mass is 347 g/mol. The Morgan fingerprint density at radius 2 is 2.00 bits per heavy atom. The van der Waals surface area contributed by atoms with Crippen LogP contribution in [0.15, 0.2) is 41.2 Å². The van der Waals surface area contributed by atoms with Crippen LogP contribution in [0.5, 0.6) is 0 Å². The smallest absolute Gasteiger partial charge is 0.267 e. The highest BCUT2D eigenvalue weighted by atomic mass is 35.5. The van der Waals surface area contributed by atoms with E-state index < -0.39 is 0 Å². The first-order valence-corrected chi connectivity index (χ1v) is 7.95. The molecule has 2 aromatic carbocycles. The minimum absolute atomic E-state index is 0.214. The number of nitrogens with zero attached hydrogens (tertiary/aromatic N) is 2. The summed E-state index contributed by atoms with van der Waals surface area (Å²) < 4.78 is 1.53. The van der Waals surface area contributed by atoms with Crippen LogP contribution >= 0.6 is 23.2 Å². The highest BCUT2D eigenvalue weighted by Gasteiger charge is 2.16. The molecule has 0 fully saturated rings. The third-order valence-corrected chi connectivity index (χ3v) is 4.23. The zero-order valence-electron chi connectivity index (χ0n) is 12.5. The Morgan fingerprint density at radius 1 is 1.22 bits per heavy atom. The van der Waals surface area contributed by atoms with Gasteiger partial charge in [0.25, 0.3) is 5.56 Å². The Bertz CT molecular complexity index is 950. The van der Waals surface area contributed by atoms with Gasteiger partial charge in [0.15, 0.2) is 0 Å². The van der Waals surface area contributed by atoms with Crippen molar-refractivity contribution in [3.8, 4) is 5.69 Å². The number of benzene rings is 2. The summed E-state index contributed by atoms with van der Waals surface area (Å²) >= 11 is 12.3. The average molecular weight is 348 g/mol. The van der Waals surface area contributed by atoms with Crippen LogP contribution in [0.2, 0.25) is 10.0 Å². The van der Waals surface area contributed by atoms with Crippen molar-refractivity contribution in [1.29, 1.82) is 0 Å². The molecule has 0 spiro atoms. The largest absolute Gasteiger partial charge is 0.330 e. The first-order chi connectivity index (χ1) is 11.0. The van der Waals surface area contributed by atoms with E-state index in [2.05, 4.69) is 4.98 Å². The second-order valence-corrected chi connectivity index (χ2v) is 6.12. The molecule has 1 heterocycles. The maximum atomic E-state index is 13.1. The van der Waals surface area contributed by atoms with Gasteiger partial charge in [0.2, 0.25) is 0 Å². The van der Waals surface area contributed by atoms with Crippen molar-refractivity contribution < 1.29 is 0 Å². The number of halogens is 2. The van der Waals surface area contributed by atoms with Gasteiger partial charge < -0.3 is 5.73 Å². The first-order valence-electron chi connectivity index (χ1n) is 7.19. The van der Waals surface area contributed by atoms with Crippen molar-refractivity contribution in [3.63, 3.8) is 0 Å². The summed E-state index contributed by atoms with van der Waals surface area (Å²) in [7, 11) is 0. The Morgan fingerprint density at radius 3 is 2.70 bits per heavy atom. The van der Waals surface area contributed by atoms with Gasteiger partial charge in [-0.25, -0.2) is 4.98 Å². The summed E-state index contributed by atoms with van der Waals surface area (Å²) in [5.74, 6) is 0.595. The molecule has 118 valence electrons. The van der Waals surface area contributed by atoms with Gasteiger partial charge in [-0.2, -0.15) is 0 Å². The molecule has 1 aromatic heterocycles. The third kappa shape index (κ3) is 2.85. The molecule has 0 aliphatic carbocycles. The lowest BCUT2D eigenvalue weighted by atomic mass is 10.1. The maximum Gasteiger partial charge on any atom is 0.267 e. The fourth-order valence-corrected chi connectivity index (χ4v) is 3.02. The Labute approximate surface area is 143 Å². The minimum atomic E-state index is -0.214. The molecule has 0 aliphatic rings. The van der Waals surface area contributed by atoms with E-state index in [1.54, 1.807) is 24.3 Å². The van der Waals surface area contributed by atoms with Gasteiger partial charge in [-0.05, 0) is 43.3 Å². The van der Waals surface area contributed by atoms with Crippen molar-refractivity contribution in [1.82, 2.24) is 9.55 Å². The fourth-order valence-electron chi connectivity index (χ4n) is 2.60. The van der Waals surface area contributed by atoms with E-state index in [-0.39, 0.29) is 5.56 Å². The molecule has 3 aromatic rings. The fraction of sp³-hybridized carbons (Fsp3) is 0.176. The summed E-state index contributed by atoms with van der Waals surface area (Å²) in [6, 6.07) is 10.6. The lowest BCUT2D eigenvalue weighted by Crippen LogP contribution is -2.26. The molecule has 2 N–H and O–H groups in total. The number of hydrogen-bond acceptors (Lipinski definition) is 3. The molecule has 0 bridgehead atoms. The van der Waals surface area contributed by atoms with Crippen molar-refractivity contribution in [2.45, 2.75) is 13.3 Å². The molecule has 0 saturated heterocycles. The van der Waals surface area contributed by atoms with Crippen LogP contribution in [0, 0.1) is 6.92 Å². The second kappa shape index (κ2) is 6.32. The highest BCUT2D eigenvalue weighted by Crippen LogP contribution is 2.24. The summed E-state index contributed by atoms with van der Waals surface area (Å²) in [4.78, 5) is 17.7. The number of aromatic nitrogens is 2. The molecule has 0 atom stereocenters. The normalized spacial score (nSPS) is 11.1. The van der Waals surface area contributed by atoms with E-state index in [0.717, 1.165) is 5.56 Å². The van der Waals surface area contributed by atoms with Gasteiger partial charge in [-0.1, -0.05) is 35.3 Å². The minimum Gasteiger partial charge on any atom is -0.330 e. The molecular formula is C17H15Cl2N3O. The molecular weight excluding hydrogens is 333 g/mol. The number of fused-ring (bicyclic) bond motifs is 1. The predicted octanol–water partition coefficient (Wildman–Crippen LogP) is 3.50. The molecule has 0 unspecified atom stereocenters. The average Bonchev–Trinajstić information content (AvgIpc) is 2.51. The van der Waals surface area contributed by atoms with Crippen LogP contribution in [0.1, 0.15) is 11.4 Å². The number of rotatable bonds is 3. The van der Waals surface area contributed by atoms with Crippen molar-refractivity contribution in [3.05, 3.63) is 68.2 Å². The van der Waals surface area contributed by atoms with Gasteiger partial charge in [0.1, 0.15) is 5.82 Å². The molecule has 4 nitrogen and oxygen atoms in total. The number of aryl methyl sites for hydroxylation is 1. The van der Waals surface area contributed by atoms with Crippen molar-refractivity contribution in [2.75, 3.05) is 6.54 Å². The SMILES string of the molecule is Cc1ccc(Cl)c2c(=O)n(-c3cccc(Cl)c3)c(CCN)nc12. The lowest BCUT2D eigenvalue weighted by molar-refractivity contribution is 0.796. The van der Waals surface area contributed by atoms with Crippen LogP contribution < -0.4 is 11.3 Å². The van der Waals surface area contributed by atoms with Gasteiger partial charge >= 0.3 is 0 Å². The van der Waals surface area contributed by atoms with E-state index in [4.69, 9.17) is 28.9 Å². The Kier molecular flexibility index (Phi) is 4.39. The van der Waals surface area contributed by atoms with E-state index >= 15 is 0 Å². The van der Waals surface area contributed by atoms with Crippen molar-refractivity contribution >= 4 is 34.1 Å². The lowest BCUT2D eigenvalue weighted by Gasteiger charge is -2.15. The molecule has 0 saturated carbocycles. The topological polar surface area (TPSA) is 60.9 Å². The van der Waals surface area contributed by atoms with Gasteiger partial charge in [-0.3, -0.25) is 9.36 Å². The Hall–Kier alpha value is -1.88. The number of hydrogen-bond donors (Lipinski definition) is 1. The Balaban J connectivity index is 2.44.